The summed E-state index contributed by atoms with van der Waals surface area (Å²) < 4.78 is 1.17. The van der Waals surface area contributed by atoms with Gasteiger partial charge in [0.1, 0.15) is 5.69 Å². The third kappa shape index (κ3) is 3.56. The lowest BCUT2D eigenvalue weighted by molar-refractivity contribution is -1.07. The summed E-state index contributed by atoms with van der Waals surface area (Å²) in [6, 6.07) is 11.8. The zero-order chi connectivity index (χ0) is 15.4. The zero-order valence-electron chi connectivity index (χ0n) is 11.9. The van der Waals surface area contributed by atoms with Crippen molar-refractivity contribution in [2.75, 3.05) is 25.6 Å². The lowest BCUT2D eigenvalue weighted by Gasteiger charge is -2.24. The lowest BCUT2D eigenvalue weighted by Crippen LogP contribution is -3.16. The number of quaternary nitrogens is 1. The van der Waals surface area contributed by atoms with Gasteiger partial charge in [0.25, 0.3) is 0 Å². The normalized spacial score (nSPS) is 12.1. The van der Waals surface area contributed by atoms with E-state index in [1.165, 1.54) is 3.57 Å². The predicted octanol–water partition coefficient (Wildman–Crippen LogP) is 1.35. The van der Waals surface area contributed by atoms with E-state index in [9.17, 15) is 0 Å². The van der Waals surface area contributed by atoms with Gasteiger partial charge >= 0.3 is 0 Å². The van der Waals surface area contributed by atoms with Crippen LogP contribution in [0.1, 0.15) is 0 Å². The summed E-state index contributed by atoms with van der Waals surface area (Å²) in [7, 11) is 3.35. The van der Waals surface area contributed by atoms with Crippen LogP contribution in [-0.4, -0.2) is 14.1 Å². The molecule has 0 aliphatic rings. The van der Waals surface area contributed by atoms with Crippen molar-refractivity contribution in [1.82, 2.24) is 5.43 Å². The number of benzene rings is 2. The average molecular weight is 399 g/mol. The van der Waals surface area contributed by atoms with E-state index >= 15 is 0 Å². The Morgan fingerprint density at radius 1 is 1.10 bits per heavy atom. The molecule has 1 atom stereocenters. The highest BCUT2D eigenvalue weighted by Gasteiger charge is 2.13. The molecule has 0 fully saturated rings. The molecule has 0 saturated carbocycles. The third-order valence-corrected chi connectivity index (χ3v) is 3.75. The molecule has 2 aromatic rings. The van der Waals surface area contributed by atoms with Crippen LogP contribution in [-0.2, 0) is 0 Å². The van der Waals surface area contributed by atoms with Crippen LogP contribution in [0.15, 0.2) is 36.4 Å². The van der Waals surface area contributed by atoms with Crippen LogP contribution < -0.4 is 27.0 Å². The quantitative estimate of drug-likeness (QED) is 0.347. The Bertz CT molecular complexity index is 614. The Morgan fingerprint density at radius 3 is 2.33 bits per heavy atom. The van der Waals surface area contributed by atoms with Crippen LogP contribution in [0, 0.1) is 3.57 Å². The van der Waals surface area contributed by atoms with Crippen LogP contribution in [0.25, 0.3) is 16.6 Å². The Labute approximate surface area is 137 Å². The van der Waals surface area contributed by atoms with Crippen molar-refractivity contribution < 1.29 is 10.1 Å². The van der Waals surface area contributed by atoms with E-state index < -0.39 is 0 Å². The number of rotatable bonds is 5. The van der Waals surface area contributed by atoms with Crippen LogP contribution >= 0.6 is 22.6 Å². The molecule has 21 heavy (non-hydrogen) atoms. The first-order valence-electron chi connectivity index (χ1n) is 6.33. The molecule has 0 spiro atoms. The van der Waals surface area contributed by atoms with Crippen molar-refractivity contribution in [2.45, 2.75) is 0 Å². The molecule has 0 aromatic heterocycles. The second-order valence-corrected chi connectivity index (χ2v) is 5.57. The molecule has 0 aliphatic carbocycles. The number of nitrogens with one attached hydrogen (secondary N) is 2. The van der Waals surface area contributed by atoms with Gasteiger partial charge in [0.2, 0.25) is 5.75 Å². The molecule has 0 saturated heterocycles. The van der Waals surface area contributed by atoms with E-state index in [-0.39, 0.29) is 0 Å². The fraction of sp³-hybridized carbons (Fsp3) is 0.143. The van der Waals surface area contributed by atoms with E-state index in [4.69, 9.17) is 16.3 Å². The molecule has 2 aromatic carbocycles. The molecule has 1 unspecified atom stereocenters. The minimum Gasteiger partial charge on any atom is -0.396 e. The van der Waals surface area contributed by atoms with E-state index in [0.29, 0.717) is 22.4 Å². The highest BCUT2D eigenvalue weighted by Crippen LogP contribution is 2.36. The van der Waals surface area contributed by atoms with Gasteiger partial charge in [0.15, 0.2) is 0 Å². The number of nitrogens with two attached hydrogens (primary N) is 2. The average Bonchev–Trinajstić information content (AvgIpc) is 2.50. The summed E-state index contributed by atoms with van der Waals surface area (Å²) >= 11 is 2.26. The van der Waals surface area contributed by atoms with Crippen LogP contribution in [0.3, 0.4) is 0 Å². The zero-order valence-corrected chi connectivity index (χ0v) is 14.0. The third-order valence-electron chi connectivity index (χ3n) is 3.03. The Morgan fingerprint density at radius 2 is 1.76 bits per heavy atom. The minimum atomic E-state index is 0.378. The van der Waals surface area contributed by atoms with E-state index in [1.807, 2.05) is 30.3 Å². The minimum absolute atomic E-state index is 0.378. The predicted molar refractivity (Wildman–Crippen MR) is 93.4 cm³/mol. The van der Waals surface area contributed by atoms with Crippen LogP contribution in [0.5, 0.6) is 5.75 Å². The summed E-state index contributed by atoms with van der Waals surface area (Å²) in [5, 5.41) is 0.378. The van der Waals surface area contributed by atoms with Gasteiger partial charge in [-0.15, -0.1) is 17.8 Å². The second-order valence-electron chi connectivity index (χ2n) is 4.33. The molecule has 0 radical (unpaired) electrons. The first-order valence-corrected chi connectivity index (χ1v) is 7.41. The molecule has 0 heterocycles. The molecule has 6 nitrogen and oxygen atoms in total. The molecule has 2 rings (SSSR count). The Kier molecular flexibility index (Phi) is 5.23. The number of nitrogen functional groups attached to an aromatic ring is 2. The highest BCUT2D eigenvalue weighted by molar-refractivity contribution is 14.1. The molecule has 0 amide bonds. The largest absolute Gasteiger partial charge is 0.396 e. The van der Waals surface area contributed by atoms with Crippen LogP contribution in [0.4, 0.5) is 11.4 Å². The van der Waals surface area contributed by atoms with Crippen molar-refractivity contribution >= 4 is 34.0 Å². The van der Waals surface area contributed by atoms with Crippen molar-refractivity contribution in [2.24, 2.45) is 0 Å². The maximum absolute atomic E-state index is 6.14. The monoisotopic (exact) mass is 399 g/mol. The van der Waals surface area contributed by atoms with Gasteiger partial charge in [-0.1, -0.05) is 12.1 Å². The molecule has 112 valence electrons. The molecule has 7 heteroatoms. The van der Waals surface area contributed by atoms with Crippen LogP contribution in [0.2, 0.25) is 0 Å². The van der Waals surface area contributed by atoms with Crippen molar-refractivity contribution in [3.8, 4) is 16.9 Å². The van der Waals surface area contributed by atoms with Crippen molar-refractivity contribution in [1.29, 1.82) is 0 Å². The van der Waals surface area contributed by atoms with Gasteiger partial charge in [0, 0.05) is 16.2 Å². The SMILES string of the molecule is C[N-][NH+](NC)Oc1ccc(-c2ccc(I)cc2)c(N)c1N. The first-order chi connectivity index (χ1) is 10.1. The number of anilines is 2. The van der Waals surface area contributed by atoms with E-state index in [2.05, 4.69) is 33.4 Å². The van der Waals surface area contributed by atoms with Gasteiger partial charge in [-0.3, -0.25) is 0 Å². The maximum atomic E-state index is 6.14. The van der Waals surface area contributed by atoms with E-state index in [1.54, 1.807) is 20.2 Å². The smallest absolute Gasteiger partial charge is 0.216 e. The number of halogens is 1. The Hall–Kier alpha value is -1.55. The van der Waals surface area contributed by atoms with Gasteiger partial charge in [-0.05, 0) is 52.4 Å². The summed E-state index contributed by atoms with van der Waals surface area (Å²) in [6.45, 7) is 0. The summed E-state index contributed by atoms with van der Waals surface area (Å²) in [6.07, 6.45) is 0. The summed E-state index contributed by atoms with van der Waals surface area (Å²) in [5.41, 5.74) is 21.8. The van der Waals surface area contributed by atoms with Gasteiger partial charge in [-0.2, -0.15) is 0 Å². The lowest BCUT2D eigenvalue weighted by atomic mass is 10.0. The topological polar surface area (TPSA) is 91.8 Å². The second kappa shape index (κ2) is 6.94. The number of hydrogen-bond acceptors (Lipinski definition) is 4. The highest BCUT2D eigenvalue weighted by atomic mass is 127. The molecule has 0 aliphatic heterocycles. The molecular formula is C14H18IN5O. The fourth-order valence-electron chi connectivity index (χ4n) is 1.90. The fourth-order valence-corrected chi connectivity index (χ4v) is 2.26. The van der Waals surface area contributed by atoms with Gasteiger partial charge in [-0.25, -0.2) is 0 Å². The van der Waals surface area contributed by atoms with Crippen molar-refractivity contribution in [3.05, 3.63) is 45.4 Å². The maximum Gasteiger partial charge on any atom is 0.216 e. The number of nitrogens with zero attached hydrogens (tertiary/aromatic N) is 1. The standard InChI is InChI=1S/C14H18IN5O/c1-18-20(19-2)21-12-8-7-11(13(16)14(12)17)9-3-5-10(15)6-4-9/h3-8,18,20H,16-17H2,1-2H3. The summed E-state index contributed by atoms with van der Waals surface area (Å²) in [4.78, 5) is 5.57. The van der Waals surface area contributed by atoms with Gasteiger partial charge in [0.05, 0.1) is 5.69 Å². The number of hydrogen-bond donors (Lipinski definition) is 4. The Balaban J connectivity index is 2.35. The molecule has 0 bridgehead atoms. The summed E-state index contributed by atoms with van der Waals surface area (Å²) in [5.74, 6) is 0.483. The molecule has 6 N–H and O–H groups in total. The van der Waals surface area contributed by atoms with Crippen molar-refractivity contribution in [3.63, 3.8) is 0 Å². The molecular weight excluding hydrogens is 381 g/mol. The van der Waals surface area contributed by atoms with Gasteiger partial charge < -0.3 is 21.7 Å². The first kappa shape index (κ1) is 15.8. The van der Waals surface area contributed by atoms with E-state index in [0.717, 1.165) is 11.1 Å².